The van der Waals surface area contributed by atoms with Crippen LogP contribution in [0.15, 0.2) is 30.3 Å². The average Bonchev–Trinajstić information content (AvgIpc) is 2.30. The van der Waals surface area contributed by atoms with Crippen LogP contribution in [0.5, 0.6) is 0 Å². The highest BCUT2D eigenvalue weighted by Crippen LogP contribution is 2.05. The fourth-order valence-corrected chi connectivity index (χ4v) is 1.71. The first-order chi connectivity index (χ1) is 7.76. The van der Waals surface area contributed by atoms with E-state index < -0.39 is 6.04 Å². The Hall–Kier alpha value is -1.37. The van der Waals surface area contributed by atoms with E-state index in [1.54, 1.807) is 0 Å². The van der Waals surface area contributed by atoms with Crippen LogP contribution in [0.4, 0.5) is 0 Å². The number of hydrogen-bond donors (Lipinski definition) is 1. The summed E-state index contributed by atoms with van der Waals surface area (Å²) in [7, 11) is 0. The van der Waals surface area contributed by atoms with Crippen LogP contribution < -0.4 is 5.73 Å². The summed E-state index contributed by atoms with van der Waals surface area (Å²) in [6.07, 6.45) is 1.07. The van der Waals surface area contributed by atoms with Gasteiger partial charge < -0.3 is 5.73 Å². The van der Waals surface area contributed by atoms with Gasteiger partial charge in [0.1, 0.15) is 6.04 Å². The normalized spacial score (nSPS) is 12.4. The van der Waals surface area contributed by atoms with Crippen molar-refractivity contribution in [2.45, 2.75) is 25.9 Å². The minimum absolute atomic E-state index is 0.393. The summed E-state index contributed by atoms with van der Waals surface area (Å²) >= 11 is 0. The van der Waals surface area contributed by atoms with Crippen LogP contribution in [-0.4, -0.2) is 24.0 Å². The lowest BCUT2D eigenvalue weighted by molar-refractivity contribution is 0.261. The van der Waals surface area contributed by atoms with Crippen LogP contribution in [0.1, 0.15) is 18.9 Å². The Bertz CT molecular complexity index is 329. The monoisotopic (exact) mass is 217 g/mol. The first-order valence-corrected chi connectivity index (χ1v) is 5.67. The molecule has 0 aliphatic carbocycles. The van der Waals surface area contributed by atoms with Gasteiger partial charge in [-0.3, -0.25) is 4.90 Å². The van der Waals surface area contributed by atoms with E-state index in [0.717, 1.165) is 19.5 Å². The zero-order valence-corrected chi connectivity index (χ0v) is 9.76. The highest BCUT2D eigenvalue weighted by Gasteiger charge is 2.09. The second-order valence-corrected chi connectivity index (χ2v) is 3.96. The quantitative estimate of drug-likeness (QED) is 0.789. The fourth-order valence-electron chi connectivity index (χ4n) is 1.71. The molecule has 1 atom stereocenters. The summed E-state index contributed by atoms with van der Waals surface area (Å²) in [6.45, 7) is 4.61. The molecule has 1 aromatic carbocycles. The second-order valence-electron chi connectivity index (χ2n) is 3.96. The Kier molecular flexibility index (Phi) is 5.55. The zero-order valence-electron chi connectivity index (χ0n) is 9.76. The Labute approximate surface area is 97.5 Å². The molecule has 1 unspecified atom stereocenters. The van der Waals surface area contributed by atoms with E-state index in [0.29, 0.717) is 6.54 Å². The number of rotatable bonds is 6. The molecule has 0 heterocycles. The fraction of sp³-hybridized carbons (Fsp3) is 0.462. The van der Waals surface area contributed by atoms with Crippen LogP contribution in [0.25, 0.3) is 0 Å². The van der Waals surface area contributed by atoms with Crippen molar-refractivity contribution < 1.29 is 0 Å². The third kappa shape index (κ3) is 4.43. The van der Waals surface area contributed by atoms with Gasteiger partial charge >= 0.3 is 0 Å². The van der Waals surface area contributed by atoms with Gasteiger partial charge in [0.2, 0.25) is 0 Å². The summed E-state index contributed by atoms with van der Waals surface area (Å²) in [5, 5.41) is 8.72. The summed E-state index contributed by atoms with van der Waals surface area (Å²) in [6, 6.07) is 11.9. The Morgan fingerprint density at radius 1 is 1.38 bits per heavy atom. The summed E-state index contributed by atoms with van der Waals surface area (Å²) in [4.78, 5) is 2.23. The lowest BCUT2D eigenvalue weighted by atomic mass is 10.2. The van der Waals surface area contributed by atoms with E-state index in [1.807, 2.05) is 18.2 Å². The van der Waals surface area contributed by atoms with Crippen LogP contribution in [-0.2, 0) is 6.54 Å². The van der Waals surface area contributed by atoms with Crippen LogP contribution in [0, 0.1) is 11.3 Å². The van der Waals surface area contributed by atoms with E-state index in [2.05, 4.69) is 30.0 Å². The molecule has 0 aliphatic rings. The molecule has 1 aromatic rings. The molecule has 1 rings (SSSR count). The number of benzene rings is 1. The molecule has 0 radical (unpaired) electrons. The van der Waals surface area contributed by atoms with Gasteiger partial charge in [-0.25, -0.2) is 0 Å². The highest BCUT2D eigenvalue weighted by atomic mass is 15.1. The van der Waals surface area contributed by atoms with Crippen molar-refractivity contribution in [2.24, 2.45) is 5.73 Å². The predicted octanol–water partition coefficient (Wildman–Crippen LogP) is 1.75. The maximum absolute atomic E-state index is 8.72. The molecule has 86 valence electrons. The molecule has 0 bridgehead atoms. The summed E-state index contributed by atoms with van der Waals surface area (Å²) in [5.41, 5.74) is 6.92. The third-order valence-corrected chi connectivity index (χ3v) is 2.41. The molecule has 0 aromatic heterocycles. The van der Waals surface area contributed by atoms with Crippen molar-refractivity contribution in [3.63, 3.8) is 0 Å². The smallest absolute Gasteiger partial charge is 0.106 e. The van der Waals surface area contributed by atoms with E-state index in [9.17, 15) is 0 Å². The Balaban J connectivity index is 2.55. The minimum Gasteiger partial charge on any atom is -0.315 e. The molecular formula is C13H19N3. The van der Waals surface area contributed by atoms with Crippen LogP contribution in [0.3, 0.4) is 0 Å². The predicted molar refractivity (Wildman–Crippen MR) is 65.6 cm³/mol. The van der Waals surface area contributed by atoms with Crippen molar-refractivity contribution in [1.29, 1.82) is 5.26 Å². The lowest BCUT2D eigenvalue weighted by Gasteiger charge is -2.22. The van der Waals surface area contributed by atoms with Gasteiger partial charge in [-0.15, -0.1) is 0 Å². The lowest BCUT2D eigenvalue weighted by Crippen LogP contribution is -2.36. The topological polar surface area (TPSA) is 53.0 Å². The maximum Gasteiger partial charge on any atom is 0.106 e. The molecule has 0 saturated heterocycles. The third-order valence-electron chi connectivity index (χ3n) is 2.41. The molecule has 0 amide bonds. The van der Waals surface area contributed by atoms with Crippen molar-refractivity contribution in [2.75, 3.05) is 13.1 Å². The molecule has 0 aliphatic heterocycles. The van der Waals surface area contributed by atoms with Crippen molar-refractivity contribution >= 4 is 0 Å². The zero-order chi connectivity index (χ0) is 11.8. The largest absolute Gasteiger partial charge is 0.315 e. The summed E-state index contributed by atoms with van der Waals surface area (Å²) in [5.74, 6) is 0. The number of nitrogens with two attached hydrogens (primary N) is 1. The van der Waals surface area contributed by atoms with E-state index in [4.69, 9.17) is 11.0 Å². The molecule has 0 fully saturated rings. The molecule has 2 N–H and O–H groups in total. The first kappa shape index (κ1) is 12.7. The van der Waals surface area contributed by atoms with Crippen LogP contribution >= 0.6 is 0 Å². The maximum atomic E-state index is 8.72. The van der Waals surface area contributed by atoms with Gasteiger partial charge in [-0.2, -0.15) is 5.26 Å². The van der Waals surface area contributed by atoms with Gasteiger partial charge in [-0.05, 0) is 18.5 Å². The Morgan fingerprint density at radius 2 is 2.06 bits per heavy atom. The van der Waals surface area contributed by atoms with E-state index >= 15 is 0 Å². The number of nitrogens with zero attached hydrogens (tertiary/aromatic N) is 2. The van der Waals surface area contributed by atoms with Crippen molar-refractivity contribution in [1.82, 2.24) is 4.90 Å². The first-order valence-electron chi connectivity index (χ1n) is 5.67. The van der Waals surface area contributed by atoms with Gasteiger partial charge in [0.25, 0.3) is 0 Å². The van der Waals surface area contributed by atoms with E-state index in [1.165, 1.54) is 5.56 Å². The molecule has 0 saturated carbocycles. The second kappa shape index (κ2) is 7.00. The molecule has 0 spiro atoms. The molecular weight excluding hydrogens is 198 g/mol. The molecule has 16 heavy (non-hydrogen) atoms. The average molecular weight is 217 g/mol. The van der Waals surface area contributed by atoms with Crippen LogP contribution in [0.2, 0.25) is 0 Å². The van der Waals surface area contributed by atoms with Crippen molar-refractivity contribution in [3.05, 3.63) is 35.9 Å². The SMILES string of the molecule is CCCN(Cc1ccccc1)CC(N)C#N. The number of hydrogen-bond acceptors (Lipinski definition) is 3. The van der Waals surface area contributed by atoms with Crippen molar-refractivity contribution in [3.8, 4) is 6.07 Å². The highest BCUT2D eigenvalue weighted by molar-refractivity contribution is 5.14. The van der Waals surface area contributed by atoms with Gasteiger partial charge in [0.05, 0.1) is 6.07 Å². The number of nitriles is 1. The minimum atomic E-state index is -0.393. The molecule has 3 heteroatoms. The molecule has 3 nitrogen and oxygen atoms in total. The summed E-state index contributed by atoms with van der Waals surface area (Å²) < 4.78 is 0. The van der Waals surface area contributed by atoms with Gasteiger partial charge in [-0.1, -0.05) is 37.3 Å². The Morgan fingerprint density at radius 3 is 2.62 bits per heavy atom. The van der Waals surface area contributed by atoms with Gasteiger partial charge in [0, 0.05) is 13.1 Å². The van der Waals surface area contributed by atoms with Gasteiger partial charge in [0.15, 0.2) is 0 Å². The standard InChI is InChI=1S/C13H19N3/c1-2-8-16(11-13(15)9-14)10-12-6-4-3-5-7-12/h3-7,13H,2,8,10-11,15H2,1H3. The van der Waals surface area contributed by atoms with E-state index in [-0.39, 0.29) is 0 Å².